The van der Waals surface area contributed by atoms with Crippen molar-refractivity contribution in [1.82, 2.24) is 9.88 Å². The van der Waals surface area contributed by atoms with Crippen molar-refractivity contribution in [2.75, 3.05) is 31.1 Å². The number of rotatable bonds is 6. The molecule has 0 N–H and O–H groups in total. The van der Waals surface area contributed by atoms with Crippen molar-refractivity contribution in [3.63, 3.8) is 0 Å². The number of piperidine rings is 1. The lowest BCUT2D eigenvalue weighted by Crippen LogP contribution is -2.51. The number of amides is 1. The van der Waals surface area contributed by atoms with Gasteiger partial charge in [0, 0.05) is 43.8 Å². The van der Waals surface area contributed by atoms with Gasteiger partial charge in [0.25, 0.3) is 11.6 Å². The fourth-order valence-corrected chi connectivity index (χ4v) is 4.53. The van der Waals surface area contributed by atoms with Gasteiger partial charge >= 0.3 is 0 Å². The van der Waals surface area contributed by atoms with Crippen LogP contribution in [-0.4, -0.2) is 53.0 Å². The normalized spacial score (nSPS) is 17.7. The van der Waals surface area contributed by atoms with Crippen molar-refractivity contribution in [2.24, 2.45) is 0 Å². The second kappa shape index (κ2) is 9.54. The molecule has 176 valence electrons. The van der Waals surface area contributed by atoms with E-state index in [1.165, 1.54) is 18.6 Å². The minimum absolute atomic E-state index is 0.00443. The van der Waals surface area contributed by atoms with Gasteiger partial charge in [-0.25, -0.2) is 4.98 Å². The predicted octanol–water partition coefficient (Wildman–Crippen LogP) is 4.07. The molecule has 3 aromatic rings. The molecule has 2 aromatic carbocycles. The topological polar surface area (TPSA) is 102 Å². The van der Waals surface area contributed by atoms with Crippen LogP contribution in [0, 0.1) is 10.1 Å². The summed E-state index contributed by atoms with van der Waals surface area (Å²) >= 11 is 0. The molecule has 0 spiro atoms. The molecule has 1 aromatic heterocycles. The number of oxazole rings is 1. The van der Waals surface area contributed by atoms with E-state index in [9.17, 15) is 14.9 Å². The molecule has 2 aliphatic heterocycles. The summed E-state index contributed by atoms with van der Waals surface area (Å²) in [5, 5.41) is 11.1. The summed E-state index contributed by atoms with van der Waals surface area (Å²) in [4.78, 5) is 32.2. The number of non-ortho nitro benzene ring substituents is 1. The first-order chi connectivity index (χ1) is 16.6. The molecule has 5 rings (SSSR count). The van der Waals surface area contributed by atoms with E-state index in [1.807, 2.05) is 29.2 Å². The van der Waals surface area contributed by atoms with Gasteiger partial charge in [-0.2, -0.15) is 0 Å². The quantitative estimate of drug-likeness (QED) is 0.402. The van der Waals surface area contributed by atoms with Gasteiger partial charge in [-0.3, -0.25) is 14.9 Å². The fourth-order valence-electron chi connectivity index (χ4n) is 4.53. The Morgan fingerprint density at radius 3 is 2.76 bits per heavy atom. The van der Waals surface area contributed by atoms with E-state index in [0.717, 1.165) is 31.6 Å². The number of nitro benzene ring substituents is 1. The van der Waals surface area contributed by atoms with Crippen LogP contribution in [0.25, 0.3) is 11.3 Å². The van der Waals surface area contributed by atoms with Gasteiger partial charge in [0.05, 0.1) is 23.4 Å². The number of nitrogens with zero attached hydrogens (tertiary/aromatic N) is 4. The molecule has 3 heterocycles. The number of hydrogen-bond acceptors (Lipinski definition) is 7. The van der Waals surface area contributed by atoms with E-state index in [1.54, 1.807) is 18.3 Å². The molecular formula is C25H26N4O5. The van der Waals surface area contributed by atoms with Gasteiger partial charge in [-0.15, -0.1) is 0 Å². The molecule has 0 bridgehead atoms. The Hall–Kier alpha value is -3.88. The van der Waals surface area contributed by atoms with Crippen LogP contribution in [0.2, 0.25) is 0 Å². The number of carbonyl (C=O) groups excluding carboxylic acids is 1. The zero-order valence-electron chi connectivity index (χ0n) is 18.8. The molecule has 9 nitrogen and oxygen atoms in total. The molecule has 1 unspecified atom stereocenters. The van der Waals surface area contributed by atoms with Crippen LogP contribution in [0.3, 0.4) is 0 Å². The van der Waals surface area contributed by atoms with Crippen LogP contribution in [0.15, 0.2) is 59.1 Å². The third-order valence-electron chi connectivity index (χ3n) is 6.30. The lowest BCUT2D eigenvalue weighted by Gasteiger charge is -2.38. The van der Waals surface area contributed by atoms with E-state index in [0.29, 0.717) is 42.5 Å². The van der Waals surface area contributed by atoms with Gasteiger partial charge in [0.2, 0.25) is 0 Å². The Bertz CT molecular complexity index is 1190. The maximum absolute atomic E-state index is 13.1. The first kappa shape index (κ1) is 21.9. The van der Waals surface area contributed by atoms with Crippen LogP contribution in [0.1, 0.15) is 25.2 Å². The molecule has 34 heavy (non-hydrogen) atoms. The summed E-state index contributed by atoms with van der Waals surface area (Å²) in [7, 11) is 0. The number of benzene rings is 2. The van der Waals surface area contributed by atoms with Gasteiger partial charge in [-0.05, 0) is 31.4 Å². The van der Waals surface area contributed by atoms with Crippen LogP contribution in [0.4, 0.5) is 11.4 Å². The molecule has 9 heteroatoms. The van der Waals surface area contributed by atoms with Crippen molar-refractivity contribution >= 4 is 17.3 Å². The molecule has 0 saturated carbocycles. The summed E-state index contributed by atoms with van der Waals surface area (Å²) in [6.45, 7) is 2.64. The summed E-state index contributed by atoms with van der Waals surface area (Å²) in [5.41, 5.74) is 1.55. The van der Waals surface area contributed by atoms with E-state index in [-0.39, 0.29) is 11.6 Å². The largest absolute Gasteiger partial charge is 0.477 e. The van der Waals surface area contributed by atoms with Crippen LogP contribution < -0.4 is 9.64 Å². The van der Waals surface area contributed by atoms with Crippen LogP contribution in [0.5, 0.6) is 5.75 Å². The van der Waals surface area contributed by atoms with Crippen LogP contribution in [-0.2, 0) is 11.2 Å². The first-order valence-corrected chi connectivity index (χ1v) is 11.6. The monoisotopic (exact) mass is 462 g/mol. The molecule has 1 saturated heterocycles. The van der Waals surface area contributed by atoms with E-state index < -0.39 is 11.0 Å². The highest BCUT2D eigenvalue weighted by Gasteiger charge is 2.34. The fraction of sp³-hybridized carbons (Fsp3) is 0.360. The SMILES string of the molecule is O=C(C1CN(CCc2ncc(-c3cccc([N+](=O)[O-])c3)o2)c2ccccc2O1)N1CCCCC1. The second-order valence-electron chi connectivity index (χ2n) is 8.58. The zero-order valence-corrected chi connectivity index (χ0v) is 18.8. The Morgan fingerprint density at radius 2 is 1.94 bits per heavy atom. The third kappa shape index (κ3) is 4.59. The third-order valence-corrected chi connectivity index (χ3v) is 6.30. The number of carbonyl (C=O) groups is 1. The Kier molecular flexibility index (Phi) is 6.16. The maximum Gasteiger partial charge on any atom is 0.270 e. The maximum atomic E-state index is 13.1. The lowest BCUT2D eigenvalue weighted by molar-refractivity contribution is -0.384. The highest BCUT2D eigenvalue weighted by Crippen LogP contribution is 2.34. The molecule has 2 aliphatic rings. The number of para-hydroxylation sites is 2. The van der Waals surface area contributed by atoms with E-state index in [4.69, 9.17) is 9.15 Å². The number of ether oxygens (including phenoxy) is 1. The van der Waals surface area contributed by atoms with Crippen molar-refractivity contribution < 1.29 is 18.9 Å². The predicted molar refractivity (Wildman–Crippen MR) is 126 cm³/mol. The van der Waals surface area contributed by atoms with Crippen molar-refractivity contribution in [3.05, 3.63) is 70.7 Å². The van der Waals surface area contributed by atoms with Gasteiger partial charge in [0.1, 0.15) is 5.75 Å². The molecule has 1 atom stereocenters. The highest BCUT2D eigenvalue weighted by atomic mass is 16.6. The van der Waals surface area contributed by atoms with Gasteiger partial charge in [-0.1, -0.05) is 24.3 Å². The summed E-state index contributed by atoms with van der Waals surface area (Å²) in [6.07, 6.45) is 4.81. The minimum atomic E-state index is -0.544. The highest BCUT2D eigenvalue weighted by molar-refractivity contribution is 5.83. The van der Waals surface area contributed by atoms with Crippen molar-refractivity contribution in [2.45, 2.75) is 31.8 Å². The molecule has 1 amide bonds. The molecule has 0 aliphatic carbocycles. The Morgan fingerprint density at radius 1 is 1.12 bits per heavy atom. The van der Waals surface area contributed by atoms with Gasteiger partial charge < -0.3 is 19.0 Å². The summed E-state index contributed by atoms with van der Waals surface area (Å²) in [5.74, 6) is 1.76. The first-order valence-electron chi connectivity index (χ1n) is 11.6. The lowest BCUT2D eigenvalue weighted by atomic mass is 10.1. The standard InChI is InChI=1S/C25H26N4O5/c30-25(27-12-4-1-5-13-27)23-17-28(20-9-2-3-10-21(20)33-23)14-11-24-26-16-22(34-24)18-7-6-8-19(15-18)29(31)32/h2-3,6-10,15-16,23H,1,4-5,11-14,17H2. The number of fused-ring (bicyclic) bond motifs is 1. The van der Waals surface area contributed by atoms with E-state index in [2.05, 4.69) is 9.88 Å². The average Bonchev–Trinajstić information content (AvgIpc) is 3.36. The van der Waals surface area contributed by atoms with Crippen molar-refractivity contribution in [1.29, 1.82) is 0 Å². The van der Waals surface area contributed by atoms with E-state index >= 15 is 0 Å². The number of nitro groups is 1. The smallest absolute Gasteiger partial charge is 0.270 e. The Labute approximate surface area is 197 Å². The molecule has 1 fully saturated rings. The Balaban J connectivity index is 1.29. The molecular weight excluding hydrogens is 436 g/mol. The second-order valence-corrected chi connectivity index (χ2v) is 8.58. The minimum Gasteiger partial charge on any atom is -0.477 e. The summed E-state index contributed by atoms with van der Waals surface area (Å²) in [6, 6.07) is 14.0. The average molecular weight is 463 g/mol. The van der Waals surface area contributed by atoms with Gasteiger partial charge in [0.15, 0.2) is 17.8 Å². The number of aromatic nitrogens is 1. The molecule has 0 radical (unpaired) electrons. The summed E-state index contributed by atoms with van der Waals surface area (Å²) < 4.78 is 12.0. The van der Waals surface area contributed by atoms with Crippen LogP contribution >= 0.6 is 0 Å². The zero-order chi connectivity index (χ0) is 23.5. The number of likely N-dealkylation sites (tertiary alicyclic amines) is 1. The number of anilines is 1. The van der Waals surface area contributed by atoms with Crippen molar-refractivity contribution in [3.8, 4) is 17.1 Å². The number of hydrogen-bond donors (Lipinski definition) is 0.